The molecule has 2 aromatic rings. The minimum atomic E-state index is -0.237. The molecule has 1 fully saturated rings. The maximum atomic E-state index is 12.8. The van der Waals surface area contributed by atoms with Crippen molar-refractivity contribution >= 4 is 23.2 Å². The van der Waals surface area contributed by atoms with Crippen LogP contribution in [-0.4, -0.2) is 44.2 Å². The van der Waals surface area contributed by atoms with Gasteiger partial charge >= 0.3 is 0 Å². The van der Waals surface area contributed by atoms with Crippen LogP contribution in [0.25, 0.3) is 0 Å². The molecule has 3 rings (SSSR count). The molecule has 1 aliphatic heterocycles. The number of carbonyl (C=O) groups is 2. The van der Waals surface area contributed by atoms with E-state index in [9.17, 15) is 9.59 Å². The van der Waals surface area contributed by atoms with E-state index in [1.807, 2.05) is 24.3 Å². The van der Waals surface area contributed by atoms with Crippen molar-refractivity contribution in [1.82, 2.24) is 5.32 Å². The van der Waals surface area contributed by atoms with E-state index in [1.54, 1.807) is 24.3 Å². The maximum Gasteiger partial charge on any atom is 0.255 e. The summed E-state index contributed by atoms with van der Waals surface area (Å²) in [5.74, 6) is -0.450. The van der Waals surface area contributed by atoms with Crippen LogP contribution in [0.5, 0.6) is 0 Å². The molecule has 1 heterocycles. The van der Waals surface area contributed by atoms with Gasteiger partial charge in [0.2, 0.25) is 0 Å². The van der Waals surface area contributed by atoms with E-state index in [2.05, 4.69) is 29.4 Å². The first kappa shape index (κ1) is 21.8. The average molecular weight is 410 g/mol. The Balaban J connectivity index is 1.65. The lowest BCUT2D eigenvalue weighted by molar-refractivity contribution is 0.0858. The number of amides is 2. The van der Waals surface area contributed by atoms with E-state index in [0.717, 1.165) is 44.6 Å². The summed E-state index contributed by atoms with van der Waals surface area (Å²) in [4.78, 5) is 27.7. The normalized spacial score (nSPS) is 15.6. The number of hydrogen-bond donors (Lipinski definition) is 2. The summed E-state index contributed by atoms with van der Waals surface area (Å²) >= 11 is 0. The van der Waals surface area contributed by atoms with Crippen LogP contribution in [0.2, 0.25) is 0 Å². The van der Waals surface area contributed by atoms with Gasteiger partial charge in [0.15, 0.2) is 0 Å². The van der Waals surface area contributed by atoms with E-state index in [4.69, 9.17) is 4.74 Å². The predicted molar refractivity (Wildman–Crippen MR) is 120 cm³/mol. The molecule has 1 atom stereocenters. The zero-order valence-electron chi connectivity index (χ0n) is 17.8. The maximum absolute atomic E-state index is 12.8. The SMILES string of the molecule is CCCN(CC)c1ccc(C(=O)Nc2ccccc2C(=O)NCC2CCCO2)cc1. The van der Waals surface area contributed by atoms with Crippen molar-refractivity contribution in [2.75, 3.05) is 36.5 Å². The van der Waals surface area contributed by atoms with Gasteiger partial charge in [0.05, 0.1) is 17.4 Å². The van der Waals surface area contributed by atoms with Crippen molar-refractivity contribution in [3.8, 4) is 0 Å². The molecule has 0 spiro atoms. The van der Waals surface area contributed by atoms with Gasteiger partial charge < -0.3 is 20.3 Å². The van der Waals surface area contributed by atoms with E-state index in [0.29, 0.717) is 23.4 Å². The van der Waals surface area contributed by atoms with Gasteiger partial charge in [-0.1, -0.05) is 19.1 Å². The molecule has 0 saturated carbocycles. The minimum Gasteiger partial charge on any atom is -0.376 e. The van der Waals surface area contributed by atoms with Crippen molar-refractivity contribution in [3.05, 3.63) is 59.7 Å². The second kappa shape index (κ2) is 10.8. The third-order valence-electron chi connectivity index (χ3n) is 5.30. The Labute approximate surface area is 178 Å². The van der Waals surface area contributed by atoms with Gasteiger partial charge in [0, 0.05) is 37.5 Å². The van der Waals surface area contributed by atoms with Crippen molar-refractivity contribution in [3.63, 3.8) is 0 Å². The first-order valence-corrected chi connectivity index (χ1v) is 10.8. The molecule has 0 aliphatic carbocycles. The van der Waals surface area contributed by atoms with Gasteiger partial charge in [0.1, 0.15) is 0 Å². The standard InChI is InChI=1S/C24H31N3O3/c1-3-15-27(4-2)19-13-11-18(12-14-19)23(28)26-22-10-6-5-9-21(22)24(29)25-17-20-8-7-16-30-20/h5-6,9-14,20H,3-4,7-8,15-17H2,1-2H3,(H,25,29)(H,26,28). The van der Waals surface area contributed by atoms with Gasteiger partial charge in [-0.25, -0.2) is 0 Å². The lowest BCUT2D eigenvalue weighted by atomic mass is 10.1. The summed E-state index contributed by atoms with van der Waals surface area (Å²) in [7, 11) is 0. The topological polar surface area (TPSA) is 70.7 Å². The number of para-hydroxylation sites is 1. The van der Waals surface area contributed by atoms with Crippen molar-refractivity contribution in [2.24, 2.45) is 0 Å². The second-order valence-electron chi connectivity index (χ2n) is 7.47. The van der Waals surface area contributed by atoms with E-state index in [-0.39, 0.29) is 17.9 Å². The Bertz CT molecular complexity index is 845. The van der Waals surface area contributed by atoms with Crippen LogP contribution in [0, 0.1) is 0 Å². The molecule has 30 heavy (non-hydrogen) atoms. The van der Waals surface area contributed by atoms with Crippen LogP contribution in [0.3, 0.4) is 0 Å². The predicted octanol–water partition coefficient (Wildman–Crippen LogP) is 4.08. The smallest absolute Gasteiger partial charge is 0.255 e. The summed E-state index contributed by atoms with van der Waals surface area (Å²) in [6, 6.07) is 14.6. The number of carbonyl (C=O) groups excluding carboxylic acids is 2. The molecule has 0 aromatic heterocycles. The molecule has 160 valence electrons. The fraction of sp³-hybridized carbons (Fsp3) is 0.417. The van der Waals surface area contributed by atoms with Crippen molar-refractivity contribution in [2.45, 2.75) is 39.2 Å². The summed E-state index contributed by atoms with van der Waals surface area (Å²) in [6.45, 7) is 7.41. The fourth-order valence-corrected chi connectivity index (χ4v) is 3.66. The van der Waals surface area contributed by atoms with Crippen LogP contribution >= 0.6 is 0 Å². The Morgan fingerprint density at radius 1 is 1.07 bits per heavy atom. The lowest BCUT2D eigenvalue weighted by Crippen LogP contribution is -2.32. The summed E-state index contributed by atoms with van der Waals surface area (Å²) < 4.78 is 5.55. The molecular formula is C24H31N3O3. The summed E-state index contributed by atoms with van der Waals surface area (Å²) in [5.41, 5.74) is 2.60. The molecule has 1 unspecified atom stereocenters. The first-order valence-electron chi connectivity index (χ1n) is 10.8. The zero-order valence-corrected chi connectivity index (χ0v) is 17.8. The quantitative estimate of drug-likeness (QED) is 0.655. The van der Waals surface area contributed by atoms with Crippen molar-refractivity contribution in [1.29, 1.82) is 0 Å². The monoisotopic (exact) mass is 409 g/mol. The Kier molecular flexibility index (Phi) is 7.85. The van der Waals surface area contributed by atoms with Gasteiger partial charge in [-0.2, -0.15) is 0 Å². The number of nitrogens with one attached hydrogen (secondary N) is 2. The van der Waals surface area contributed by atoms with Gasteiger partial charge in [-0.05, 0) is 62.6 Å². The fourth-order valence-electron chi connectivity index (χ4n) is 3.66. The Morgan fingerprint density at radius 3 is 2.50 bits per heavy atom. The van der Waals surface area contributed by atoms with E-state index < -0.39 is 0 Å². The number of ether oxygens (including phenoxy) is 1. The molecular weight excluding hydrogens is 378 g/mol. The average Bonchev–Trinajstić information content (AvgIpc) is 3.30. The summed E-state index contributed by atoms with van der Waals surface area (Å²) in [5, 5.41) is 5.79. The number of benzene rings is 2. The van der Waals surface area contributed by atoms with Crippen LogP contribution in [-0.2, 0) is 4.74 Å². The number of rotatable bonds is 9. The van der Waals surface area contributed by atoms with Crippen molar-refractivity contribution < 1.29 is 14.3 Å². The Morgan fingerprint density at radius 2 is 1.83 bits per heavy atom. The highest BCUT2D eigenvalue weighted by Crippen LogP contribution is 2.19. The van der Waals surface area contributed by atoms with Gasteiger partial charge in [0.25, 0.3) is 11.8 Å². The largest absolute Gasteiger partial charge is 0.376 e. The highest BCUT2D eigenvalue weighted by Gasteiger charge is 2.19. The van der Waals surface area contributed by atoms with Crippen LogP contribution in [0.15, 0.2) is 48.5 Å². The molecule has 0 radical (unpaired) electrons. The molecule has 2 N–H and O–H groups in total. The Hall–Kier alpha value is -2.86. The zero-order chi connectivity index (χ0) is 21.3. The molecule has 1 saturated heterocycles. The minimum absolute atomic E-state index is 0.0737. The third kappa shape index (κ3) is 5.60. The van der Waals surface area contributed by atoms with E-state index >= 15 is 0 Å². The van der Waals surface area contributed by atoms with Crippen LogP contribution in [0.1, 0.15) is 53.8 Å². The van der Waals surface area contributed by atoms with Gasteiger partial charge in [-0.15, -0.1) is 0 Å². The molecule has 6 nitrogen and oxygen atoms in total. The van der Waals surface area contributed by atoms with Gasteiger partial charge in [-0.3, -0.25) is 9.59 Å². The number of hydrogen-bond acceptors (Lipinski definition) is 4. The lowest BCUT2D eigenvalue weighted by Gasteiger charge is -2.22. The van der Waals surface area contributed by atoms with Crippen LogP contribution in [0.4, 0.5) is 11.4 Å². The highest BCUT2D eigenvalue weighted by atomic mass is 16.5. The first-order chi connectivity index (χ1) is 14.6. The van der Waals surface area contributed by atoms with Crippen LogP contribution < -0.4 is 15.5 Å². The molecule has 6 heteroatoms. The van der Waals surface area contributed by atoms with E-state index in [1.165, 1.54) is 0 Å². The molecule has 2 aromatic carbocycles. The summed E-state index contributed by atoms with van der Waals surface area (Å²) in [6.07, 6.45) is 3.13. The third-order valence-corrected chi connectivity index (χ3v) is 5.30. The highest BCUT2D eigenvalue weighted by molar-refractivity contribution is 6.09. The second-order valence-corrected chi connectivity index (χ2v) is 7.47. The molecule has 1 aliphatic rings. The molecule has 2 amide bonds. The number of nitrogens with zero attached hydrogens (tertiary/aromatic N) is 1. The number of anilines is 2. The molecule has 0 bridgehead atoms.